The third-order valence-corrected chi connectivity index (χ3v) is 6.24. The van der Waals surface area contributed by atoms with E-state index < -0.39 is 11.7 Å². The number of alkyl halides is 3. The monoisotopic (exact) mass is 522 g/mol. The number of hydrogen-bond donors (Lipinski definition) is 2. The van der Waals surface area contributed by atoms with Gasteiger partial charge in [-0.15, -0.1) is 0 Å². The Morgan fingerprint density at radius 1 is 1.00 bits per heavy atom. The van der Waals surface area contributed by atoms with Crippen LogP contribution in [0.1, 0.15) is 31.4 Å². The molecule has 12 heteroatoms. The Morgan fingerprint density at radius 2 is 1.76 bits per heavy atom. The zero-order chi connectivity index (χ0) is 26.7. The second kappa shape index (κ2) is 10.5. The molecule has 0 bridgehead atoms. The molecule has 0 saturated carbocycles. The van der Waals surface area contributed by atoms with Crippen LogP contribution in [0.4, 0.5) is 36.4 Å². The number of anilines is 4. The van der Waals surface area contributed by atoms with Crippen molar-refractivity contribution in [2.75, 3.05) is 28.6 Å². The lowest BCUT2D eigenvalue weighted by molar-refractivity contribution is -0.137. The molecular weight excluding hydrogens is 497 g/mol. The molecule has 4 aromatic rings. The van der Waals surface area contributed by atoms with E-state index >= 15 is 0 Å². The number of hydrogen-bond acceptors (Lipinski definition) is 7. The molecular formula is C26H25F3N8O. The normalized spacial score (nSPS) is 14.4. The van der Waals surface area contributed by atoms with Crippen LogP contribution in [0.25, 0.3) is 11.1 Å². The average Bonchev–Trinajstić information content (AvgIpc) is 3.39. The number of nitrogens with one attached hydrogen (secondary N) is 2. The van der Waals surface area contributed by atoms with Gasteiger partial charge in [-0.1, -0.05) is 18.2 Å². The van der Waals surface area contributed by atoms with Gasteiger partial charge in [0.05, 0.1) is 17.8 Å². The predicted octanol–water partition coefficient (Wildman–Crippen LogP) is 5.30. The van der Waals surface area contributed by atoms with Crippen molar-refractivity contribution in [2.45, 2.75) is 32.0 Å². The Kier molecular flexibility index (Phi) is 6.95. The molecule has 3 heterocycles. The number of nitrogens with zero attached hydrogens (tertiary/aromatic N) is 6. The van der Waals surface area contributed by atoms with E-state index in [1.165, 1.54) is 19.3 Å². The van der Waals surface area contributed by atoms with Crippen molar-refractivity contribution in [3.8, 4) is 11.1 Å². The Hall–Kier alpha value is -4.48. The first-order valence-electron chi connectivity index (χ1n) is 12.0. The van der Waals surface area contributed by atoms with Gasteiger partial charge in [0.25, 0.3) is 0 Å². The van der Waals surface area contributed by atoms with Gasteiger partial charge >= 0.3 is 6.18 Å². The molecule has 1 aliphatic heterocycles. The van der Waals surface area contributed by atoms with Crippen LogP contribution in [0, 0.1) is 0 Å². The van der Waals surface area contributed by atoms with E-state index in [1.54, 1.807) is 30.6 Å². The summed E-state index contributed by atoms with van der Waals surface area (Å²) in [6.45, 7) is 2.82. The number of carbonyl (C=O) groups is 1. The van der Waals surface area contributed by atoms with Crippen molar-refractivity contribution in [3.05, 3.63) is 72.8 Å². The van der Waals surface area contributed by atoms with E-state index in [4.69, 9.17) is 0 Å². The quantitative estimate of drug-likeness (QED) is 0.355. The largest absolute Gasteiger partial charge is 0.416 e. The van der Waals surface area contributed by atoms with Crippen molar-refractivity contribution in [3.63, 3.8) is 0 Å². The first-order chi connectivity index (χ1) is 18.2. The minimum absolute atomic E-state index is 0.113. The van der Waals surface area contributed by atoms with Crippen molar-refractivity contribution in [1.82, 2.24) is 24.7 Å². The van der Waals surface area contributed by atoms with Crippen molar-refractivity contribution >= 4 is 29.2 Å². The molecule has 38 heavy (non-hydrogen) atoms. The zero-order valence-electron chi connectivity index (χ0n) is 20.5. The molecule has 2 aromatic carbocycles. The zero-order valence-corrected chi connectivity index (χ0v) is 20.5. The molecule has 1 amide bonds. The number of halogens is 3. The van der Waals surface area contributed by atoms with Crippen LogP contribution in [-0.2, 0) is 11.0 Å². The summed E-state index contributed by atoms with van der Waals surface area (Å²) >= 11 is 0. The predicted molar refractivity (Wildman–Crippen MR) is 137 cm³/mol. The molecule has 0 spiro atoms. The maximum atomic E-state index is 13.1. The smallest absolute Gasteiger partial charge is 0.341 e. The maximum Gasteiger partial charge on any atom is 0.416 e. The fourth-order valence-electron chi connectivity index (χ4n) is 4.40. The van der Waals surface area contributed by atoms with Crippen LogP contribution in [0.15, 0.2) is 67.3 Å². The number of piperidine rings is 1. The second-order valence-corrected chi connectivity index (χ2v) is 9.00. The first-order valence-corrected chi connectivity index (χ1v) is 12.0. The van der Waals surface area contributed by atoms with Gasteiger partial charge in [0.2, 0.25) is 17.8 Å². The molecule has 9 nitrogen and oxygen atoms in total. The van der Waals surface area contributed by atoms with Gasteiger partial charge < -0.3 is 15.5 Å². The minimum atomic E-state index is -4.39. The summed E-state index contributed by atoms with van der Waals surface area (Å²) in [4.78, 5) is 26.4. The summed E-state index contributed by atoms with van der Waals surface area (Å²) in [5, 5.41) is 10.3. The molecule has 0 atom stereocenters. The van der Waals surface area contributed by atoms with Crippen LogP contribution >= 0.6 is 0 Å². The molecule has 2 aromatic heterocycles. The van der Waals surface area contributed by atoms with E-state index in [9.17, 15) is 18.0 Å². The highest BCUT2D eigenvalue weighted by molar-refractivity contribution is 5.89. The summed E-state index contributed by atoms with van der Waals surface area (Å²) in [6, 6.07) is 12.6. The summed E-state index contributed by atoms with van der Waals surface area (Å²) in [5.74, 6) is 0.772. The number of carbonyl (C=O) groups excluding carboxylic acids is 1. The molecule has 0 aliphatic carbocycles. The maximum absolute atomic E-state index is 13.1. The van der Waals surface area contributed by atoms with Gasteiger partial charge in [-0.3, -0.25) is 9.48 Å². The molecule has 5 rings (SSSR count). The van der Waals surface area contributed by atoms with Crippen molar-refractivity contribution in [1.29, 1.82) is 0 Å². The summed E-state index contributed by atoms with van der Waals surface area (Å²) in [5.41, 5.74) is 1.84. The molecule has 1 aliphatic rings. The van der Waals surface area contributed by atoms with Crippen LogP contribution in [-0.4, -0.2) is 43.7 Å². The van der Waals surface area contributed by atoms with Gasteiger partial charge in [0, 0.05) is 43.1 Å². The summed E-state index contributed by atoms with van der Waals surface area (Å²) in [6.07, 6.45) is 2.01. The third-order valence-electron chi connectivity index (χ3n) is 6.24. The summed E-state index contributed by atoms with van der Waals surface area (Å²) in [7, 11) is 0. The van der Waals surface area contributed by atoms with Crippen LogP contribution < -0.4 is 15.5 Å². The first kappa shape index (κ1) is 25.2. The van der Waals surface area contributed by atoms with Gasteiger partial charge in [0.1, 0.15) is 6.33 Å². The van der Waals surface area contributed by atoms with Gasteiger partial charge in [0.15, 0.2) is 0 Å². The van der Waals surface area contributed by atoms with E-state index in [0.29, 0.717) is 41.8 Å². The minimum Gasteiger partial charge on any atom is -0.341 e. The average molecular weight is 523 g/mol. The lowest BCUT2D eigenvalue weighted by atomic mass is 10.0. The Morgan fingerprint density at radius 3 is 2.53 bits per heavy atom. The topological polar surface area (TPSA) is 101 Å². The fraction of sp³-hybridized carbons (Fsp3) is 0.269. The van der Waals surface area contributed by atoms with Crippen LogP contribution in [0.2, 0.25) is 0 Å². The Labute approximate surface area is 216 Å². The van der Waals surface area contributed by atoms with Gasteiger partial charge in [-0.2, -0.15) is 23.3 Å². The number of rotatable bonds is 6. The number of amides is 1. The van der Waals surface area contributed by atoms with E-state index in [1.807, 2.05) is 16.8 Å². The molecule has 2 N–H and O–H groups in total. The number of benzene rings is 2. The summed E-state index contributed by atoms with van der Waals surface area (Å²) < 4.78 is 41.1. The van der Waals surface area contributed by atoms with Crippen LogP contribution in [0.3, 0.4) is 0 Å². The highest BCUT2D eigenvalue weighted by Crippen LogP contribution is 2.33. The lowest BCUT2D eigenvalue weighted by Crippen LogP contribution is -2.36. The van der Waals surface area contributed by atoms with Gasteiger partial charge in [-0.05, 0) is 48.7 Å². The van der Waals surface area contributed by atoms with E-state index in [-0.39, 0.29) is 11.9 Å². The fourth-order valence-corrected chi connectivity index (χ4v) is 4.40. The molecule has 1 fully saturated rings. The van der Waals surface area contributed by atoms with Crippen molar-refractivity contribution < 1.29 is 18.0 Å². The Bertz CT molecular complexity index is 1430. The van der Waals surface area contributed by atoms with Crippen LogP contribution in [0.5, 0.6) is 0 Å². The van der Waals surface area contributed by atoms with E-state index in [2.05, 4.69) is 35.6 Å². The molecule has 0 radical (unpaired) electrons. The SMILES string of the molecule is CC(=O)Nc1cccc(Nc2ncnc(N3CCC(n4cc(-c5cccc(C(F)(F)F)c5)cn4)CC3)n2)c1. The highest BCUT2D eigenvalue weighted by Gasteiger charge is 2.30. The number of aromatic nitrogens is 5. The highest BCUT2D eigenvalue weighted by atomic mass is 19.4. The second-order valence-electron chi connectivity index (χ2n) is 9.00. The van der Waals surface area contributed by atoms with Gasteiger partial charge in [-0.25, -0.2) is 9.97 Å². The lowest BCUT2D eigenvalue weighted by Gasteiger charge is -2.32. The standard InChI is InChI=1S/C26H25F3N8O/c1-17(38)33-21-6-3-7-22(13-21)34-24-30-16-31-25(35-24)36-10-8-23(9-11-36)37-15-19(14-32-37)18-4-2-5-20(12-18)26(27,28)29/h2-7,12-16,23H,8-11H2,1H3,(H,33,38)(H,30,31,34,35). The molecule has 196 valence electrons. The van der Waals surface area contributed by atoms with Crippen molar-refractivity contribution in [2.24, 2.45) is 0 Å². The molecule has 1 saturated heterocycles. The molecule has 0 unspecified atom stereocenters. The third kappa shape index (κ3) is 5.90. The van der Waals surface area contributed by atoms with E-state index in [0.717, 1.165) is 30.7 Å². The Balaban J connectivity index is 1.22.